The predicted molar refractivity (Wildman–Crippen MR) is 104 cm³/mol. The van der Waals surface area contributed by atoms with Crippen LogP contribution in [-0.4, -0.2) is 39.8 Å². The summed E-state index contributed by atoms with van der Waals surface area (Å²) in [6.45, 7) is 10.5. The highest BCUT2D eigenvalue weighted by molar-refractivity contribution is 7.99. The van der Waals surface area contributed by atoms with Gasteiger partial charge in [0.05, 0.1) is 5.75 Å². The number of carbonyl (C=O) groups is 1. The number of nitrogens with zero attached hydrogens (tertiary/aromatic N) is 3. The first-order chi connectivity index (χ1) is 12.3. The second kappa shape index (κ2) is 7.82. The summed E-state index contributed by atoms with van der Waals surface area (Å²) < 4.78 is 5.72. The summed E-state index contributed by atoms with van der Waals surface area (Å²) in [5.74, 6) is 1.57. The Bertz CT molecular complexity index is 749. The molecule has 1 fully saturated rings. The molecule has 1 amide bonds. The van der Waals surface area contributed by atoms with Crippen molar-refractivity contribution in [3.05, 3.63) is 29.8 Å². The van der Waals surface area contributed by atoms with Crippen LogP contribution in [-0.2, 0) is 10.2 Å². The fraction of sp³-hybridized carbons (Fsp3) is 0.550. The molecule has 1 saturated heterocycles. The quantitative estimate of drug-likeness (QED) is 0.744. The number of thioether (sulfide) groups is 1. The van der Waals surface area contributed by atoms with E-state index in [0.717, 1.165) is 25.1 Å². The second-order valence-corrected chi connectivity index (χ2v) is 9.00. The lowest BCUT2D eigenvalue weighted by atomic mass is 9.87. The van der Waals surface area contributed by atoms with E-state index in [-0.39, 0.29) is 11.3 Å². The van der Waals surface area contributed by atoms with Crippen molar-refractivity contribution in [1.29, 1.82) is 0 Å². The molecule has 0 aliphatic carbocycles. The lowest BCUT2D eigenvalue weighted by molar-refractivity contribution is -0.130. The summed E-state index contributed by atoms with van der Waals surface area (Å²) in [4.78, 5) is 14.3. The standard InChI is InChI=1S/C20H27N3O2S/c1-14-6-5-11-23(12-14)17(24)13-26-19-22-21-18(25-19)15-7-9-16(10-8-15)20(2,3)4/h7-10,14H,5-6,11-13H2,1-4H3/t14-/m0/s1. The van der Waals surface area contributed by atoms with Gasteiger partial charge in [-0.1, -0.05) is 51.6 Å². The van der Waals surface area contributed by atoms with Crippen LogP contribution in [0.1, 0.15) is 46.1 Å². The molecule has 140 valence electrons. The van der Waals surface area contributed by atoms with Crippen molar-refractivity contribution < 1.29 is 9.21 Å². The average molecular weight is 374 g/mol. The number of piperidine rings is 1. The Morgan fingerprint density at radius 1 is 1.27 bits per heavy atom. The zero-order valence-corrected chi connectivity index (χ0v) is 16.8. The third-order valence-electron chi connectivity index (χ3n) is 4.73. The van der Waals surface area contributed by atoms with Gasteiger partial charge in [-0.2, -0.15) is 0 Å². The molecule has 1 aromatic carbocycles. The first-order valence-electron chi connectivity index (χ1n) is 9.18. The fourth-order valence-corrected chi connectivity index (χ4v) is 3.79. The molecule has 0 bridgehead atoms. The molecule has 5 nitrogen and oxygen atoms in total. The number of hydrogen-bond donors (Lipinski definition) is 0. The van der Waals surface area contributed by atoms with Gasteiger partial charge in [0.15, 0.2) is 0 Å². The van der Waals surface area contributed by atoms with Crippen molar-refractivity contribution in [2.24, 2.45) is 5.92 Å². The number of benzene rings is 1. The first kappa shape index (κ1) is 19.0. The lowest BCUT2D eigenvalue weighted by Crippen LogP contribution is -2.40. The van der Waals surface area contributed by atoms with Gasteiger partial charge in [0, 0.05) is 18.7 Å². The molecule has 0 unspecified atom stereocenters. The number of carbonyl (C=O) groups excluding carboxylic acids is 1. The van der Waals surface area contributed by atoms with Crippen LogP contribution in [0.15, 0.2) is 33.9 Å². The van der Waals surface area contributed by atoms with Crippen LogP contribution >= 0.6 is 11.8 Å². The minimum absolute atomic E-state index is 0.112. The molecule has 0 radical (unpaired) electrons. The predicted octanol–water partition coefficient (Wildman–Crippen LogP) is 4.38. The van der Waals surface area contributed by atoms with E-state index in [4.69, 9.17) is 4.42 Å². The molecule has 0 saturated carbocycles. The normalized spacial score (nSPS) is 18.2. The third-order valence-corrected chi connectivity index (χ3v) is 5.54. The Kier molecular flexibility index (Phi) is 5.70. The Labute approximate surface area is 159 Å². The zero-order chi connectivity index (χ0) is 18.7. The van der Waals surface area contributed by atoms with Crippen molar-refractivity contribution in [2.45, 2.75) is 51.2 Å². The minimum atomic E-state index is 0.112. The summed E-state index contributed by atoms with van der Waals surface area (Å²) in [5, 5.41) is 8.63. The van der Waals surface area contributed by atoms with Crippen molar-refractivity contribution in [3.8, 4) is 11.5 Å². The van der Waals surface area contributed by atoms with Crippen LogP contribution in [0.5, 0.6) is 0 Å². The van der Waals surface area contributed by atoms with Crippen molar-refractivity contribution in [1.82, 2.24) is 15.1 Å². The van der Waals surface area contributed by atoms with Crippen LogP contribution in [0.4, 0.5) is 0 Å². The van der Waals surface area contributed by atoms with E-state index in [9.17, 15) is 4.79 Å². The maximum atomic E-state index is 12.3. The highest BCUT2D eigenvalue weighted by Crippen LogP contribution is 2.27. The van der Waals surface area contributed by atoms with E-state index in [1.54, 1.807) is 0 Å². The van der Waals surface area contributed by atoms with Crippen LogP contribution in [0.3, 0.4) is 0 Å². The van der Waals surface area contributed by atoms with E-state index >= 15 is 0 Å². The lowest BCUT2D eigenvalue weighted by Gasteiger charge is -2.30. The topological polar surface area (TPSA) is 59.2 Å². The maximum absolute atomic E-state index is 12.3. The van der Waals surface area contributed by atoms with Gasteiger partial charge in [0.25, 0.3) is 5.22 Å². The molecule has 3 rings (SSSR count). The number of hydrogen-bond acceptors (Lipinski definition) is 5. The monoisotopic (exact) mass is 373 g/mol. The number of amides is 1. The average Bonchev–Trinajstić information content (AvgIpc) is 3.08. The van der Waals surface area contributed by atoms with Crippen LogP contribution in [0, 0.1) is 5.92 Å². The van der Waals surface area contributed by atoms with Gasteiger partial charge in [-0.25, -0.2) is 0 Å². The van der Waals surface area contributed by atoms with Crippen molar-refractivity contribution >= 4 is 17.7 Å². The van der Waals surface area contributed by atoms with E-state index in [1.165, 1.54) is 23.7 Å². The molecule has 1 atom stereocenters. The fourth-order valence-electron chi connectivity index (χ4n) is 3.13. The summed E-state index contributed by atoms with van der Waals surface area (Å²) in [6.07, 6.45) is 2.30. The largest absolute Gasteiger partial charge is 0.411 e. The maximum Gasteiger partial charge on any atom is 0.277 e. The number of aromatic nitrogens is 2. The highest BCUT2D eigenvalue weighted by atomic mass is 32.2. The van der Waals surface area contributed by atoms with Gasteiger partial charge in [0.1, 0.15) is 0 Å². The number of rotatable bonds is 4. The molecular formula is C20H27N3O2S. The molecular weight excluding hydrogens is 346 g/mol. The van der Waals surface area contributed by atoms with Gasteiger partial charge < -0.3 is 9.32 Å². The van der Waals surface area contributed by atoms with Crippen LogP contribution in [0.2, 0.25) is 0 Å². The highest BCUT2D eigenvalue weighted by Gasteiger charge is 2.22. The summed E-state index contributed by atoms with van der Waals surface area (Å²) >= 11 is 1.31. The Hall–Kier alpha value is -1.82. The molecule has 2 heterocycles. The molecule has 2 aromatic rings. The Morgan fingerprint density at radius 2 is 2.00 bits per heavy atom. The Morgan fingerprint density at radius 3 is 2.65 bits per heavy atom. The molecule has 1 aliphatic rings. The third kappa shape index (κ3) is 4.67. The van der Waals surface area contributed by atoms with Crippen LogP contribution < -0.4 is 0 Å². The van der Waals surface area contributed by atoms with E-state index in [1.807, 2.05) is 17.0 Å². The van der Waals surface area contributed by atoms with Gasteiger partial charge in [0.2, 0.25) is 11.8 Å². The molecule has 0 spiro atoms. The zero-order valence-electron chi connectivity index (χ0n) is 16.0. The SMILES string of the molecule is C[C@H]1CCCN(C(=O)CSc2nnc(-c3ccc(C(C)(C)C)cc3)o2)C1. The van der Waals surface area contributed by atoms with Gasteiger partial charge in [-0.05, 0) is 41.9 Å². The summed E-state index contributed by atoms with van der Waals surface area (Å²) in [7, 11) is 0. The Balaban J connectivity index is 1.58. The summed E-state index contributed by atoms with van der Waals surface area (Å²) in [5.41, 5.74) is 2.27. The second-order valence-electron chi connectivity index (χ2n) is 8.08. The van der Waals surface area contributed by atoms with Gasteiger partial charge >= 0.3 is 0 Å². The first-order valence-corrected chi connectivity index (χ1v) is 10.2. The van der Waals surface area contributed by atoms with Crippen LogP contribution in [0.25, 0.3) is 11.5 Å². The molecule has 26 heavy (non-hydrogen) atoms. The summed E-state index contributed by atoms with van der Waals surface area (Å²) in [6, 6.07) is 8.19. The van der Waals surface area contributed by atoms with Crippen molar-refractivity contribution in [2.75, 3.05) is 18.8 Å². The molecule has 6 heteroatoms. The van der Waals surface area contributed by atoms with E-state index in [2.05, 4.69) is 50.0 Å². The van der Waals surface area contributed by atoms with Gasteiger partial charge in [-0.15, -0.1) is 10.2 Å². The van der Waals surface area contributed by atoms with Crippen molar-refractivity contribution in [3.63, 3.8) is 0 Å². The van der Waals surface area contributed by atoms with E-state index in [0.29, 0.717) is 22.8 Å². The van der Waals surface area contributed by atoms with Gasteiger partial charge in [-0.3, -0.25) is 4.79 Å². The van der Waals surface area contributed by atoms with E-state index < -0.39 is 0 Å². The smallest absolute Gasteiger partial charge is 0.277 e. The molecule has 0 N–H and O–H groups in total. The molecule has 1 aromatic heterocycles. The minimum Gasteiger partial charge on any atom is -0.411 e. The number of likely N-dealkylation sites (tertiary alicyclic amines) is 1. The molecule has 1 aliphatic heterocycles.